The average molecular weight is 304 g/mol. The van der Waals surface area contributed by atoms with Gasteiger partial charge in [-0.05, 0) is 18.2 Å². The predicted octanol–water partition coefficient (Wildman–Crippen LogP) is 1.88. The summed E-state index contributed by atoms with van der Waals surface area (Å²) in [5.41, 5.74) is 7.02. The molecule has 2 aromatic rings. The van der Waals surface area contributed by atoms with Crippen molar-refractivity contribution in [3.63, 3.8) is 0 Å². The summed E-state index contributed by atoms with van der Waals surface area (Å²) < 4.78 is 5.89. The summed E-state index contributed by atoms with van der Waals surface area (Å²) in [6, 6.07) is 7.36. The van der Waals surface area contributed by atoms with E-state index in [0.717, 1.165) is 10.2 Å². The van der Waals surface area contributed by atoms with Crippen molar-refractivity contribution in [1.29, 1.82) is 5.26 Å². The quantitative estimate of drug-likeness (QED) is 0.879. The van der Waals surface area contributed by atoms with Gasteiger partial charge in [0, 0.05) is 25.8 Å². The van der Waals surface area contributed by atoms with Gasteiger partial charge in [-0.1, -0.05) is 11.3 Å². The van der Waals surface area contributed by atoms with Gasteiger partial charge in [0.2, 0.25) is 0 Å². The molecule has 0 aliphatic rings. The summed E-state index contributed by atoms with van der Waals surface area (Å²) in [7, 11) is 1.58. The Hall–Kier alpha value is -2.17. The number of aromatic nitrogens is 1. The van der Waals surface area contributed by atoms with Gasteiger partial charge in [0.15, 0.2) is 5.13 Å². The van der Waals surface area contributed by atoms with E-state index >= 15 is 0 Å². The molecule has 0 saturated carbocycles. The van der Waals surface area contributed by atoms with E-state index in [1.54, 1.807) is 30.2 Å². The van der Waals surface area contributed by atoms with Crippen molar-refractivity contribution < 1.29 is 9.53 Å². The third-order valence-corrected chi connectivity index (χ3v) is 3.85. The Morgan fingerprint density at radius 3 is 3.05 bits per heavy atom. The fourth-order valence-electron chi connectivity index (χ4n) is 1.96. The number of methoxy groups -OCH3 is 1. The van der Waals surface area contributed by atoms with Crippen LogP contribution in [0.4, 0.5) is 5.13 Å². The number of nitrogens with two attached hydrogens (primary N) is 1. The van der Waals surface area contributed by atoms with Gasteiger partial charge in [-0.15, -0.1) is 0 Å². The summed E-state index contributed by atoms with van der Waals surface area (Å²) in [5, 5.41) is 9.18. The first kappa shape index (κ1) is 15.2. The molecule has 6 nitrogen and oxygen atoms in total. The fraction of sp³-hybridized carbons (Fsp3) is 0.357. The van der Waals surface area contributed by atoms with Crippen LogP contribution < -0.4 is 5.73 Å². The minimum atomic E-state index is -0.115. The Kier molecular flexibility index (Phi) is 5.09. The first-order valence-corrected chi connectivity index (χ1v) is 7.28. The molecule has 110 valence electrons. The van der Waals surface area contributed by atoms with E-state index in [1.807, 2.05) is 0 Å². The number of rotatable bonds is 6. The molecular formula is C14H16N4O2S. The van der Waals surface area contributed by atoms with Crippen LogP contribution in [0.5, 0.6) is 0 Å². The summed E-state index contributed by atoms with van der Waals surface area (Å²) >= 11 is 1.35. The van der Waals surface area contributed by atoms with Crippen LogP contribution in [-0.2, 0) is 4.74 Å². The van der Waals surface area contributed by atoms with Crippen LogP contribution in [0.2, 0.25) is 0 Å². The van der Waals surface area contributed by atoms with Gasteiger partial charge >= 0.3 is 0 Å². The van der Waals surface area contributed by atoms with Gasteiger partial charge in [-0.3, -0.25) is 4.79 Å². The lowest BCUT2D eigenvalue weighted by molar-refractivity contribution is 0.0700. The fourth-order valence-corrected chi connectivity index (χ4v) is 2.73. The Balaban J connectivity index is 2.22. The number of nitrogen functional groups attached to an aromatic ring is 1. The number of ether oxygens (including phenoxy) is 1. The van der Waals surface area contributed by atoms with Crippen LogP contribution in [0.3, 0.4) is 0 Å². The number of anilines is 1. The molecule has 2 N–H and O–H groups in total. The van der Waals surface area contributed by atoms with Crippen molar-refractivity contribution in [3.05, 3.63) is 23.8 Å². The number of thiazole rings is 1. The molecule has 1 amide bonds. The first-order valence-electron chi connectivity index (χ1n) is 6.47. The average Bonchev–Trinajstić information content (AvgIpc) is 2.85. The second-order valence-corrected chi connectivity index (χ2v) is 5.49. The lowest BCUT2D eigenvalue weighted by Crippen LogP contribution is -2.34. The molecule has 0 fully saturated rings. The molecule has 0 saturated heterocycles. The molecule has 2 rings (SSSR count). The van der Waals surface area contributed by atoms with Crippen LogP contribution in [-0.4, -0.2) is 42.6 Å². The molecule has 1 aromatic carbocycles. The highest BCUT2D eigenvalue weighted by Crippen LogP contribution is 2.25. The van der Waals surface area contributed by atoms with Crippen LogP contribution >= 0.6 is 11.3 Å². The van der Waals surface area contributed by atoms with E-state index < -0.39 is 0 Å². The third kappa shape index (κ3) is 3.68. The van der Waals surface area contributed by atoms with Crippen molar-refractivity contribution in [1.82, 2.24) is 9.88 Å². The van der Waals surface area contributed by atoms with Crippen molar-refractivity contribution in [3.8, 4) is 6.07 Å². The maximum Gasteiger partial charge on any atom is 0.254 e. The monoisotopic (exact) mass is 304 g/mol. The van der Waals surface area contributed by atoms with Gasteiger partial charge in [0.1, 0.15) is 0 Å². The number of hydrogen-bond acceptors (Lipinski definition) is 6. The number of nitriles is 1. The highest BCUT2D eigenvalue weighted by molar-refractivity contribution is 7.22. The number of amides is 1. The zero-order valence-corrected chi connectivity index (χ0v) is 12.5. The lowest BCUT2D eigenvalue weighted by Gasteiger charge is -2.21. The topological polar surface area (TPSA) is 92.2 Å². The van der Waals surface area contributed by atoms with Crippen molar-refractivity contribution in [2.45, 2.75) is 6.42 Å². The minimum Gasteiger partial charge on any atom is -0.383 e. The summed E-state index contributed by atoms with van der Waals surface area (Å²) in [4.78, 5) is 18.3. The Morgan fingerprint density at radius 1 is 1.52 bits per heavy atom. The van der Waals surface area contributed by atoms with E-state index in [2.05, 4.69) is 11.1 Å². The van der Waals surface area contributed by atoms with Crippen LogP contribution in [0.15, 0.2) is 18.2 Å². The van der Waals surface area contributed by atoms with E-state index in [0.29, 0.717) is 36.8 Å². The van der Waals surface area contributed by atoms with Crippen molar-refractivity contribution in [2.75, 3.05) is 32.5 Å². The number of carbonyl (C=O) groups is 1. The molecule has 0 bridgehead atoms. The Labute approximate surface area is 126 Å². The van der Waals surface area contributed by atoms with E-state index in [1.165, 1.54) is 11.3 Å². The number of fused-ring (bicyclic) bond motifs is 1. The largest absolute Gasteiger partial charge is 0.383 e. The summed E-state index contributed by atoms with van der Waals surface area (Å²) in [6.45, 7) is 1.29. The molecule has 0 unspecified atom stereocenters. The predicted molar refractivity (Wildman–Crippen MR) is 82.0 cm³/mol. The zero-order valence-electron chi connectivity index (χ0n) is 11.7. The molecule has 21 heavy (non-hydrogen) atoms. The standard InChI is InChI=1S/C14H16N4O2S/c1-20-8-7-18(6-2-5-15)13(19)10-3-4-11-12(9-10)21-14(16)17-11/h3-4,9H,2,6-8H2,1H3,(H2,16,17). The zero-order chi connectivity index (χ0) is 15.2. The van der Waals surface area contributed by atoms with Crippen LogP contribution in [0.1, 0.15) is 16.8 Å². The number of nitrogens with zero attached hydrogens (tertiary/aromatic N) is 3. The molecule has 1 aromatic heterocycles. The first-order chi connectivity index (χ1) is 10.2. The van der Waals surface area contributed by atoms with Gasteiger partial charge in [0.25, 0.3) is 5.91 Å². The maximum absolute atomic E-state index is 12.5. The van der Waals surface area contributed by atoms with Crippen molar-refractivity contribution >= 4 is 32.6 Å². The van der Waals surface area contributed by atoms with Gasteiger partial charge in [-0.2, -0.15) is 5.26 Å². The second-order valence-electron chi connectivity index (χ2n) is 4.43. The normalized spacial score (nSPS) is 10.5. The Morgan fingerprint density at radius 2 is 2.33 bits per heavy atom. The Bertz CT molecular complexity index is 677. The number of benzene rings is 1. The van der Waals surface area contributed by atoms with E-state index in [4.69, 9.17) is 15.7 Å². The highest BCUT2D eigenvalue weighted by Gasteiger charge is 2.16. The molecule has 0 aliphatic carbocycles. The van der Waals surface area contributed by atoms with Crippen LogP contribution in [0, 0.1) is 11.3 Å². The van der Waals surface area contributed by atoms with Gasteiger partial charge in [-0.25, -0.2) is 4.98 Å². The molecule has 7 heteroatoms. The number of hydrogen-bond donors (Lipinski definition) is 1. The van der Waals surface area contributed by atoms with Gasteiger partial charge in [0.05, 0.1) is 29.3 Å². The molecule has 0 aliphatic heterocycles. The second kappa shape index (κ2) is 7.02. The summed E-state index contributed by atoms with van der Waals surface area (Å²) in [5.74, 6) is -0.115. The van der Waals surface area contributed by atoms with E-state index in [9.17, 15) is 4.79 Å². The third-order valence-electron chi connectivity index (χ3n) is 3.00. The van der Waals surface area contributed by atoms with Gasteiger partial charge < -0.3 is 15.4 Å². The van der Waals surface area contributed by atoms with Crippen LogP contribution in [0.25, 0.3) is 10.2 Å². The lowest BCUT2D eigenvalue weighted by atomic mass is 10.2. The molecule has 0 radical (unpaired) electrons. The SMILES string of the molecule is COCCN(CCC#N)C(=O)c1ccc2nc(N)sc2c1. The molecular weight excluding hydrogens is 288 g/mol. The summed E-state index contributed by atoms with van der Waals surface area (Å²) in [6.07, 6.45) is 0.297. The minimum absolute atomic E-state index is 0.115. The van der Waals surface area contributed by atoms with Crippen molar-refractivity contribution in [2.24, 2.45) is 0 Å². The molecule has 1 heterocycles. The van der Waals surface area contributed by atoms with E-state index in [-0.39, 0.29) is 5.91 Å². The maximum atomic E-state index is 12.5. The molecule has 0 spiro atoms. The molecule has 0 atom stereocenters. The number of carbonyl (C=O) groups excluding carboxylic acids is 1. The highest BCUT2D eigenvalue weighted by atomic mass is 32.1. The smallest absolute Gasteiger partial charge is 0.254 e.